The number of aryl methyl sites for hydroxylation is 2. The van der Waals surface area contributed by atoms with E-state index in [1.54, 1.807) is 0 Å². The molecule has 0 radical (unpaired) electrons. The van der Waals surface area contributed by atoms with Crippen LogP contribution in [0.25, 0.3) is 21.9 Å². The molecule has 1 N–H and O–H groups in total. The molecule has 1 fully saturated rings. The van der Waals surface area contributed by atoms with Crippen LogP contribution in [0, 0.1) is 6.92 Å². The lowest BCUT2D eigenvalue weighted by Crippen LogP contribution is -2.49. The second-order valence-corrected chi connectivity index (χ2v) is 8.79. The molecule has 1 aromatic heterocycles. The lowest BCUT2D eigenvalue weighted by molar-refractivity contribution is -0.121. The molecular formula is C27H33N3O2. The average molecular weight is 432 g/mol. The van der Waals surface area contributed by atoms with Gasteiger partial charge in [-0.2, -0.15) is 0 Å². The molecule has 1 saturated heterocycles. The van der Waals surface area contributed by atoms with Crippen molar-refractivity contribution in [2.24, 2.45) is 0 Å². The van der Waals surface area contributed by atoms with E-state index >= 15 is 0 Å². The van der Waals surface area contributed by atoms with Crippen LogP contribution < -0.4 is 10.1 Å². The van der Waals surface area contributed by atoms with E-state index in [1.807, 2.05) is 25.1 Å². The summed E-state index contributed by atoms with van der Waals surface area (Å²) < 4.78 is 6.48. The molecule has 2 aliphatic rings. The highest BCUT2D eigenvalue weighted by Gasteiger charge is 2.39. The predicted octanol–water partition coefficient (Wildman–Crippen LogP) is 4.75. The molecule has 5 rings (SSSR count). The molecule has 32 heavy (non-hydrogen) atoms. The van der Waals surface area contributed by atoms with Crippen molar-refractivity contribution in [3.63, 3.8) is 0 Å². The third-order valence-electron chi connectivity index (χ3n) is 6.75. The highest BCUT2D eigenvalue weighted by molar-refractivity contribution is 5.88. The fourth-order valence-corrected chi connectivity index (χ4v) is 4.60. The Bertz CT molecular complexity index is 1090. The molecule has 5 nitrogen and oxygen atoms in total. The number of nitrogens with one attached hydrogen (secondary N) is 1. The van der Waals surface area contributed by atoms with E-state index in [4.69, 9.17) is 4.74 Å². The van der Waals surface area contributed by atoms with Crippen molar-refractivity contribution in [1.82, 2.24) is 15.2 Å². The Hall–Kier alpha value is -2.92. The number of hydrogen-bond acceptors (Lipinski definition) is 4. The molecule has 3 heterocycles. The summed E-state index contributed by atoms with van der Waals surface area (Å²) in [4.78, 5) is 17.2. The van der Waals surface area contributed by atoms with Crippen LogP contribution in [0.15, 0.2) is 48.7 Å². The summed E-state index contributed by atoms with van der Waals surface area (Å²) in [6.45, 7) is 6.78. The zero-order chi connectivity index (χ0) is 22.6. The number of nitrogens with zero attached hydrogens (tertiary/aromatic N) is 2. The van der Waals surface area contributed by atoms with Gasteiger partial charge in [0.15, 0.2) is 0 Å². The van der Waals surface area contributed by atoms with Gasteiger partial charge in [-0.15, -0.1) is 0 Å². The minimum Gasteiger partial charge on any atom is -0.487 e. The lowest BCUT2D eigenvalue weighted by atomic mass is 9.82. The fourth-order valence-electron chi connectivity index (χ4n) is 4.60. The molecule has 1 amide bonds. The Labute approximate surface area is 190 Å². The van der Waals surface area contributed by atoms with Crippen molar-refractivity contribution < 1.29 is 9.53 Å². The van der Waals surface area contributed by atoms with E-state index in [1.165, 1.54) is 27.5 Å². The van der Waals surface area contributed by atoms with Gasteiger partial charge in [0.05, 0.1) is 0 Å². The van der Waals surface area contributed by atoms with E-state index < -0.39 is 0 Å². The number of rotatable bonds is 3. The first-order valence-corrected chi connectivity index (χ1v) is 11.6. The largest absolute Gasteiger partial charge is 0.487 e. The van der Waals surface area contributed by atoms with Gasteiger partial charge >= 0.3 is 0 Å². The van der Waals surface area contributed by atoms with Crippen molar-refractivity contribution in [3.8, 4) is 16.9 Å². The molecule has 2 aromatic carbocycles. The summed E-state index contributed by atoms with van der Waals surface area (Å²) in [5.41, 5.74) is 4.70. The number of pyridine rings is 1. The summed E-state index contributed by atoms with van der Waals surface area (Å²) in [5.74, 6) is 1.01. The molecule has 2 aliphatic heterocycles. The normalized spacial score (nSPS) is 16.7. The number of carbonyl (C=O) groups is 1. The number of carbonyl (C=O) groups excluding carboxylic acids is 1. The SMILES string of the molecule is CCNC.Cc1nccc2cc(-c3ccc4c(c3)CCC3(CCN(C=O)CC3)O4)ccc12. The second-order valence-electron chi connectivity index (χ2n) is 8.79. The molecule has 0 unspecified atom stereocenters. The van der Waals surface area contributed by atoms with Crippen LogP contribution in [-0.4, -0.2) is 48.6 Å². The zero-order valence-electron chi connectivity index (χ0n) is 19.4. The highest BCUT2D eigenvalue weighted by atomic mass is 16.5. The maximum Gasteiger partial charge on any atom is 0.209 e. The van der Waals surface area contributed by atoms with Crippen LogP contribution in [0.5, 0.6) is 5.75 Å². The van der Waals surface area contributed by atoms with E-state index in [-0.39, 0.29) is 5.60 Å². The molecule has 1 spiro atoms. The van der Waals surface area contributed by atoms with Crippen molar-refractivity contribution >= 4 is 17.2 Å². The van der Waals surface area contributed by atoms with Crippen LogP contribution in [-0.2, 0) is 11.2 Å². The second kappa shape index (κ2) is 9.70. The maximum absolute atomic E-state index is 11.0. The van der Waals surface area contributed by atoms with Crippen LogP contribution in [0.3, 0.4) is 0 Å². The van der Waals surface area contributed by atoms with Crippen LogP contribution in [0.1, 0.15) is 37.4 Å². The molecule has 0 atom stereocenters. The lowest BCUT2D eigenvalue weighted by Gasteiger charge is -2.43. The predicted molar refractivity (Wildman–Crippen MR) is 130 cm³/mol. The summed E-state index contributed by atoms with van der Waals surface area (Å²) in [7, 11) is 1.93. The summed E-state index contributed by atoms with van der Waals surface area (Å²) in [6, 6.07) is 15.2. The minimum absolute atomic E-state index is 0.0957. The van der Waals surface area contributed by atoms with Gasteiger partial charge in [-0.05, 0) is 79.7 Å². The van der Waals surface area contributed by atoms with Gasteiger partial charge in [0.2, 0.25) is 6.41 Å². The molecule has 0 bridgehead atoms. The third kappa shape index (κ3) is 4.63. The van der Waals surface area contributed by atoms with Crippen molar-refractivity contribution in [2.45, 2.75) is 45.1 Å². The quantitative estimate of drug-likeness (QED) is 0.608. The van der Waals surface area contributed by atoms with E-state index in [9.17, 15) is 4.79 Å². The smallest absolute Gasteiger partial charge is 0.209 e. The van der Waals surface area contributed by atoms with Crippen LogP contribution in [0.4, 0.5) is 0 Å². The molecule has 5 heteroatoms. The topological polar surface area (TPSA) is 54.5 Å². The van der Waals surface area contributed by atoms with Gasteiger partial charge in [-0.1, -0.05) is 25.1 Å². The average Bonchev–Trinajstić information content (AvgIpc) is 2.84. The van der Waals surface area contributed by atoms with Gasteiger partial charge < -0.3 is 15.0 Å². The monoisotopic (exact) mass is 431 g/mol. The third-order valence-corrected chi connectivity index (χ3v) is 6.75. The zero-order valence-corrected chi connectivity index (χ0v) is 19.4. The number of aromatic nitrogens is 1. The number of hydrogen-bond donors (Lipinski definition) is 1. The molecule has 0 aliphatic carbocycles. The highest BCUT2D eigenvalue weighted by Crippen LogP contribution is 2.40. The number of likely N-dealkylation sites (tertiary alicyclic amines) is 1. The first-order valence-electron chi connectivity index (χ1n) is 11.6. The first kappa shape index (κ1) is 22.3. The van der Waals surface area contributed by atoms with Crippen LogP contribution >= 0.6 is 0 Å². The standard InChI is InChI=1S/C24H24N2O2.C3H9N/c1-17-22-4-2-18(14-20(22)7-11-25-17)19-3-5-23-21(15-19)6-8-24(28-23)9-12-26(16-27)13-10-24;1-3-4-2/h2-5,7,11,14-16H,6,8-10,12-13H2,1H3;4H,3H2,1-2H3. The van der Waals surface area contributed by atoms with E-state index in [2.05, 4.69) is 59.7 Å². The Kier molecular flexibility index (Phi) is 6.75. The van der Waals surface area contributed by atoms with Gasteiger partial charge in [-0.25, -0.2) is 0 Å². The molecule has 0 saturated carbocycles. The van der Waals surface area contributed by atoms with E-state index in [0.29, 0.717) is 0 Å². The maximum atomic E-state index is 11.0. The van der Waals surface area contributed by atoms with Gasteiger partial charge in [0.25, 0.3) is 0 Å². The van der Waals surface area contributed by atoms with Gasteiger partial charge in [-0.3, -0.25) is 9.78 Å². The van der Waals surface area contributed by atoms with Crippen molar-refractivity contribution in [3.05, 3.63) is 59.9 Å². The molecular weight excluding hydrogens is 398 g/mol. The Morgan fingerprint density at radius 2 is 1.81 bits per heavy atom. The summed E-state index contributed by atoms with van der Waals surface area (Å²) in [5, 5.41) is 5.36. The van der Waals surface area contributed by atoms with E-state index in [0.717, 1.165) is 63.2 Å². The van der Waals surface area contributed by atoms with Crippen molar-refractivity contribution in [1.29, 1.82) is 0 Å². The fraction of sp³-hybridized carbons (Fsp3) is 0.407. The van der Waals surface area contributed by atoms with Gasteiger partial charge in [0.1, 0.15) is 11.4 Å². The number of piperidine rings is 1. The summed E-state index contributed by atoms with van der Waals surface area (Å²) >= 11 is 0. The van der Waals surface area contributed by atoms with Crippen molar-refractivity contribution in [2.75, 3.05) is 26.7 Å². The minimum atomic E-state index is -0.0957. The number of fused-ring (bicyclic) bond motifs is 2. The molecule has 3 aromatic rings. The Morgan fingerprint density at radius 3 is 2.53 bits per heavy atom. The number of benzene rings is 2. The van der Waals surface area contributed by atoms with Gasteiger partial charge in [0, 0.05) is 43.2 Å². The van der Waals surface area contributed by atoms with Crippen LogP contribution in [0.2, 0.25) is 0 Å². The first-order chi connectivity index (χ1) is 15.6. The number of amides is 1. The summed E-state index contributed by atoms with van der Waals surface area (Å²) in [6.07, 6.45) is 6.73. The molecule has 168 valence electrons. The Morgan fingerprint density at radius 1 is 1.09 bits per heavy atom. The number of ether oxygens (including phenoxy) is 1. The Balaban J connectivity index is 0.000000567.